The Morgan fingerprint density at radius 3 is 2.02 bits per heavy atom. The summed E-state index contributed by atoms with van der Waals surface area (Å²) >= 11 is 0. The summed E-state index contributed by atoms with van der Waals surface area (Å²) in [6.07, 6.45) is 14.7. The lowest BCUT2D eigenvalue weighted by Gasteiger charge is -2.41. The standard InChI is InChI=1S/C58H48Si/c1-57(2)52-33-41(26-28-46(52)51-19-12-13-29-58(51,57)3)40-25-27-45-48(32-40)56(43-24-22-37-15-7-9-17-39(37)31-43)50-35-54-47(44-18-10-11-20-53(44)59(54,4)5)34-49(50)55(45)42-23-21-36-14-6-8-16-38(36)30-42/h6-35,49,51,55H,1-5H3. The molecule has 12 rings (SSSR count). The number of benzene rings is 7. The van der Waals surface area contributed by atoms with Crippen LogP contribution in [0.1, 0.15) is 71.6 Å². The van der Waals surface area contributed by atoms with Crippen LogP contribution in [0.25, 0.3) is 43.8 Å². The minimum atomic E-state index is -1.96. The van der Waals surface area contributed by atoms with E-state index in [9.17, 15) is 0 Å². The Labute approximate surface area is 349 Å². The highest BCUT2D eigenvalue weighted by molar-refractivity contribution is 7.00. The molecule has 59 heavy (non-hydrogen) atoms. The van der Waals surface area contributed by atoms with E-state index in [1.54, 1.807) is 10.4 Å². The molecule has 284 valence electrons. The van der Waals surface area contributed by atoms with Crippen LogP contribution in [0.5, 0.6) is 0 Å². The molecule has 0 fully saturated rings. The average Bonchev–Trinajstić information content (AvgIpc) is 3.59. The first-order chi connectivity index (χ1) is 28.6. The lowest BCUT2D eigenvalue weighted by Crippen LogP contribution is -2.40. The largest absolute Gasteiger partial charge is 0.113 e. The van der Waals surface area contributed by atoms with Gasteiger partial charge < -0.3 is 0 Å². The minimum absolute atomic E-state index is 0.00101. The van der Waals surface area contributed by atoms with Gasteiger partial charge in [0, 0.05) is 23.2 Å². The molecule has 5 aliphatic rings. The molecule has 0 saturated heterocycles. The van der Waals surface area contributed by atoms with Crippen LogP contribution < -0.4 is 5.19 Å². The zero-order valence-electron chi connectivity index (χ0n) is 34.6. The first-order valence-electron chi connectivity index (χ1n) is 21.5. The van der Waals surface area contributed by atoms with Crippen molar-refractivity contribution in [1.82, 2.24) is 0 Å². The molecule has 4 atom stereocenters. The van der Waals surface area contributed by atoms with E-state index in [4.69, 9.17) is 0 Å². The van der Waals surface area contributed by atoms with E-state index < -0.39 is 8.07 Å². The van der Waals surface area contributed by atoms with Crippen molar-refractivity contribution < 1.29 is 0 Å². The first-order valence-corrected chi connectivity index (χ1v) is 24.5. The number of rotatable bonds is 3. The van der Waals surface area contributed by atoms with Gasteiger partial charge in [-0.25, -0.2) is 0 Å². The molecule has 4 unspecified atom stereocenters. The summed E-state index contributed by atoms with van der Waals surface area (Å²) in [5, 5.41) is 8.28. The predicted molar refractivity (Wildman–Crippen MR) is 253 cm³/mol. The summed E-state index contributed by atoms with van der Waals surface area (Å²) in [7, 11) is -1.96. The second-order valence-corrected chi connectivity index (χ2v) is 23.4. The van der Waals surface area contributed by atoms with Crippen molar-refractivity contribution in [2.75, 3.05) is 0 Å². The summed E-state index contributed by atoms with van der Waals surface area (Å²) in [5.41, 5.74) is 16.8. The topological polar surface area (TPSA) is 0 Å². The number of fused-ring (bicyclic) bond motifs is 10. The fourth-order valence-electron chi connectivity index (χ4n) is 12.0. The molecule has 0 amide bonds. The van der Waals surface area contributed by atoms with Crippen molar-refractivity contribution >= 4 is 46.0 Å². The fourth-order valence-corrected chi connectivity index (χ4v) is 15.1. The maximum Gasteiger partial charge on any atom is 0.113 e. The monoisotopic (exact) mass is 772 g/mol. The molecule has 0 radical (unpaired) electrons. The van der Waals surface area contributed by atoms with Crippen molar-refractivity contribution in [1.29, 1.82) is 0 Å². The first kappa shape index (κ1) is 35.0. The van der Waals surface area contributed by atoms with Crippen molar-refractivity contribution in [2.24, 2.45) is 11.3 Å². The maximum absolute atomic E-state index is 2.69. The third-order valence-corrected chi connectivity index (χ3v) is 19.1. The van der Waals surface area contributed by atoms with Crippen molar-refractivity contribution in [3.8, 4) is 11.1 Å². The Kier molecular flexibility index (Phi) is 7.26. The van der Waals surface area contributed by atoms with Crippen LogP contribution in [0.4, 0.5) is 0 Å². The molecule has 0 nitrogen and oxygen atoms in total. The van der Waals surface area contributed by atoms with E-state index >= 15 is 0 Å². The minimum Gasteiger partial charge on any atom is -0.0768 e. The van der Waals surface area contributed by atoms with Crippen LogP contribution in [0.3, 0.4) is 0 Å². The van der Waals surface area contributed by atoms with Gasteiger partial charge in [-0.2, -0.15) is 0 Å². The van der Waals surface area contributed by atoms with Gasteiger partial charge in [0.2, 0.25) is 0 Å². The average molecular weight is 773 g/mol. The summed E-state index contributed by atoms with van der Waals surface area (Å²) in [6.45, 7) is 12.5. The van der Waals surface area contributed by atoms with Crippen LogP contribution in [-0.2, 0) is 5.41 Å². The Bertz CT molecular complexity index is 3140. The molecule has 0 saturated carbocycles. The third-order valence-electron chi connectivity index (χ3n) is 15.6. The molecule has 0 N–H and O–H groups in total. The van der Waals surface area contributed by atoms with Gasteiger partial charge in [0.05, 0.1) is 0 Å². The normalized spacial score (nSPS) is 23.8. The molecule has 7 aromatic carbocycles. The van der Waals surface area contributed by atoms with Gasteiger partial charge in [-0.1, -0.05) is 204 Å². The van der Waals surface area contributed by atoms with Gasteiger partial charge in [-0.3, -0.25) is 0 Å². The second kappa shape index (κ2) is 12.3. The molecule has 7 aromatic rings. The van der Waals surface area contributed by atoms with E-state index in [1.165, 1.54) is 88.3 Å². The third kappa shape index (κ3) is 4.83. The molecule has 1 heterocycles. The second-order valence-electron chi connectivity index (χ2n) is 19.0. The number of allylic oxidation sites excluding steroid dienone is 9. The Hall–Kier alpha value is -6.02. The molecule has 1 heteroatoms. The van der Waals surface area contributed by atoms with Gasteiger partial charge in [-0.05, 0) is 116 Å². The highest BCUT2D eigenvalue weighted by Crippen LogP contribution is 2.62. The Morgan fingerprint density at radius 2 is 1.22 bits per heavy atom. The lowest BCUT2D eigenvalue weighted by atomic mass is 9.62. The molecule has 4 aliphatic carbocycles. The van der Waals surface area contributed by atoms with E-state index in [2.05, 4.69) is 216 Å². The summed E-state index contributed by atoms with van der Waals surface area (Å²) in [5.74, 6) is 0.730. The van der Waals surface area contributed by atoms with Crippen LogP contribution in [0, 0.1) is 11.3 Å². The van der Waals surface area contributed by atoms with Crippen LogP contribution in [0.15, 0.2) is 193 Å². The van der Waals surface area contributed by atoms with E-state index in [0.717, 1.165) is 0 Å². The van der Waals surface area contributed by atoms with E-state index in [0.29, 0.717) is 5.92 Å². The molecule has 0 aromatic heterocycles. The summed E-state index contributed by atoms with van der Waals surface area (Å²) in [6, 6.07) is 56.2. The van der Waals surface area contributed by atoms with Crippen molar-refractivity contribution in [3.05, 3.63) is 232 Å². The van der Waals surface area contributed by atoms with Crippen LogP contribution in [0.2, 0.25) is 13.1 Å². The van der Waals surface area contributed by atoms with Crippen LogP contribution in [-0.4, -0.2) is 8.07 Å². The van der Waals surface area contributed by atoms with Crippen molar-refractivity contribution in [2.45, 2.75) is 51.1 Å². The molecule has 1 aliphatic heterocycles. The zero-order valence-corrected chi connectivity index (χ0v) is 35.6. The molecule has 0 spiro atoms. The molecular formula is C58H48Si. The smallest absolute Gasteiger partial charge is 0.0768 e. The van der Waals surface area contributed by atoms with Gasteiger partial charge in [0.1, 0.15) is 8.07 Å². The highest BCUT2D eigenvalue weighted by atomic mass is 28.3. The molecule has 0 bridgehead atoms. The van der Waals surface area contributed by atoms with Crippen LogP contribution >= 0.6 is 0 Å². The van der Waals surface area contributed by atoms with Gasteiger partial charge in [-0.15, -0.1) is 0 Å². The fraction of sp³-hybridized carbons (Fsp3) is 0.172. The highest BCUT2D eigenvalue weighted by Gasteiger charge is 2.53. The quantitative estimate of drug-likeness (QED) is 0.157. The SMILES string of the molecule is CC1(C)c2cc(-c3ccc4c(c3)C(c3ccc5ccccc5c3)=C3C=C5C(=CC3C4c3ccc4ccccc4c3)c3ccccc3[Si]5(C)C)ccc2C2C=CC=CC21C. The van der Waals surface area contributed by atoms with Crippen molar-refractivity contribution in [3.63, 3.8) is 0 Å². The Morgan fingerprint density at radius 1 is 0.559 bits per heavy atom. The molecular weight excluding hydrogens is 725 g/mol. The summed E-state index contributed by atoms with van der Waals surface area (Å²) in [4.78, 5) is 0. The van der Waals surface area contributed by atoms with Gasteiger partial charge in [0.25, 0.3) is 0 Å². The lowest BCUT2D eigenvalue weighted by molar-refractivity contribution is 0.245. The van der Waals surface area contributed by atoms with E-state index in [1.807, 2.05) is 0 Å². The number of hydrogen-bond donors (Lipinski definition) is 0. The van der Waals surface area contributed by atoms with Gasteiger partial charge >= 0.3 is 0 Å². The number of hydrogen-bond acceptors (Lipinski definition) is 0. The predicted octanol–water partition coefficient (Wildman–Crippen LogP) is 14.2. The maximum atomic E-state index is 2.69. The zero-order chi connectivity index (χ0) is 39.8. The summed E-state index contributed by atoms with van der Waals surface area (Å²) < 4.78 is 0. The van der Waals surface area contributed by atoms with Gasteiger partial charge in [0.15, 0.2) is 0 Å². The van der Waals surface area contributed by atoms with E-state index in [-0.39, 0.29) is 22.7 Å². The Balaban J connectivity index is 1.13.